The summed E-state index contributed by atoms with van der Waals surface area (Å²) in [5, 5.41) is 23.5. The van der Waals surface area contributed by atoms with Gasteiger partial charge in [0.05, 0.1) is 4.92 Å². The minimum atomic E-state index is -1.86. The largest absolute Gasteiger partial charge is 0.490 e. The minimum absolute atomic E-state index is 0.0654. The summed E-state index contributed by atoms with van der Waals surface area (Å²) in [7, 11) is 0. The molecule has 0 radical (unpaired) electrons. The molecule has 2 rings (SSSR count). The van der Waals surface area contributed by atoms with Gasteiger partial charge in [0.2, 0.25) is 0 Å². The number of nitrogens with one attached hydrogen (secondary N) is 1. The van der Waals surface area contributed by atoms with Gasteiger partial charge in [0.15, 0.2) is 5.60 Å². The van der Waals surface area contributed by atoms with E-state index in [2.05, 4.69) is 5.32 Å². The van der Waals surface area contributed by atoms with Gasteiger partial charge in [-0.25, -0.2) is 4.39 Å². The molecule has 0 saturated carbocycles. The summed E-state index contributed by atoms with van der Waals surface area (Å²) < 4.78 is 18.1. The van der Waals surface area contributed by atoms with Crippen molar-refractivity contribution in [3.8, 4) is 5.75 Å². The van der Waals surface area contributed by atoms with E-state index in [0.717, 1.165) is 0 Å². The smallest absolute Gasteiger partial charge is 0.272 e. The van der Waals surface area contributed by atoms with E-state index < -0.39 is 22.2 Å². The molecule has 0 aromatic heterocycles. The second-order valence-electron chi connectivity index (χ2n) is 5.73. The summed E-state index contributed by atoms with van der Waals surface area (Å²) in [5.74, 6) is -0.853. The Hall–Kier alpha value is -3.00. The molecule has 0 fully saturated rings. The van der Waals surface area contributed by atoms with Gasteiger partial charge in [-0.2, -0.15) is 0 Å². The van der Waals surface area contributed by atoms with Crippen LogP contribution in [0.2, 0.25) is 0 Å². The van der Waals surface area contributed by atoms with Crippen molar-refractivity contribution < 1.29 is 24.0 Å². The Morgan fingerprint density at radius 1 is 1.32 bits per heavy atom. The molecule has 25 heavy (non-hydrogen) atoms. The van der Waals surface area contributed by atoms with Crippen LogP contribution < -0.4 is 10.1 Å². The Morgan fingerprint density at radius 3 is 2.52 bits per heavy atom. The molecule has 2 aromatic carbocycles. The van der Waals surface area contributed by atoms with Gasteiger partial charge in [-0.05, 0) is 50.2 Å². The van der Waals surface area contributed by atoms with Gasteiger partial charge in [0, 0.05) is 17.3 Å². The van der Waals surface area contributed by atoms with E-state index in [0.29, 0.717) is 17.0 Å². The number of amides is 1. The normalized spacial score (nSPS) is 13.0. The Morgan fingerprint density at radius 2 is 1.96 bits per heavy atom. The van der Waals surface area contributed by atoms with Crippen molar-refractivity contribution in [1.29, 1.82) is 0 Å². The molecular weight excluding hydrogens is 331 g/mol. The fraction of sp³-hybridized carbons (Fsp3) is 0.235. The first-order valence-corrected chi connectivity index (χ1v) is 7.36. The third kappa shape index (κ3) is 4.74. The maximum Gasteiger partial charge on any atom is 0.272 e. The highest BCUT2D eigenvalue weighted by Gasteiger charge is 2.31. The molecule has 2 aromatic rings. The number of anilines is 1. The standard InChI is InChI=1S/C17H17FN2O5/c1-11-9-13(5-8-15(11)20(23)24)19-16(21)17(2,22)10-25-14-6-3-12(18)4-7-14/h3-9,22H,10H2,1-2H3,(H,19,21)/t17-/m1/s1. The van der Waals surface area contributed by atoms with Crippen molar-refractivity contribution in [2.24, 2.45) is 0 Å². The van der Waals surface area contributed by atoms with Crippen molar-refractivity contribution in [2.75, 3.05) is 11.9 Å². The molecule has 0 heterocycles. The second-order valence-corrected chi connectivity index (χ2v) is 5.73. The van der Waals surface area contributed by atoms with E-state index in [1.165, 1.54) is 49.4 Å². The molecule has 2 N–H and O–H groups in total. The first-order chi connectivity index (χ1) is 11.7. The fourth-order valence-electron chi connectivity index (χ4n) is 2.02. The summed E-state index contributed by atoms with van der Waals surface area (Å²) in [6, 6.07) is 9.24. The van der Waals surface area contributed by atoms with Crippen LogP contribution in [0.1, 0.15) is 12.5 Å². The third-order valence-corrected chi connectivity index (χ3v) is 3.47. The van der Waals surface area contributed by atoms with Gasteiger partial charge in [-0.15, -0.1) is 0 Å². The lowest BCUT2D eigenvalue weighted by Gasteiger charge is -2.22. The van der Waals surface area contributed by atoms with Crippen LogP contribution in [0.5, 0.6) is 5.75 Å². The molecule has 1 atom stereocenters. The number of carbonyl (C=O) groups excluding carboxylic acids is 1. The monoisotopic (exact) mass is 348 g/mol. The van der Waals surface area contributed by atoms with Crippen LogP contribution in [-0.2, 0) is 4.79 Å². The molecule has 0 unspecified atom stereocenters. The first-order valence-electron chi connectivity index (χ1n) is 7.36. The predicted molar refractivity (Wildman–Crippen MR) is 89.0 cm³/mol. The zero-order chi connectivity index (χ0) is 18.6. The Balaban J connectivity index is 2.01. The van der Waals surface area contributed by atoms with Crippen molar-refractivity contribution in [3.05, 3.63) is 64.0 Å². The molecule has 0 aliphatic carbocycles. The molecule has 0 bridgehead atoms. The van der Waals surface area contributed by atoms with E-state index in [1.807, 2.05) is 0 Å². The van der Waals surface area contributed by atoms with Crippen LogP contribution in [0, 0.1) is 22.9 Å². The molecular formula is C17H17FN2O5. The van der Waals surface area contributed by atoms with E-state index in [4.69, 9.17) is 4.74 Å². The SMILES string of the molecule is Cc1cc(NC(=O)[C@](C)(O)COc2ccc(F)cc2)ccc1[N+](=O)[O-]. The molecule has 7 nitrogen and oxygen atoms in total. The van der Waals surface area contributed by atoms with Crippen LogP contribution in [0.4, 0.5) is 15.8 Å². The highest BCUT2D eigenvalue weighted by Crippen LogP contribution is 2.22. The lowest BCUT2D eigenvalue weighted by molar-refractivity contribution is -0.385. The topological polar surface area (TPSA) is 102 Å². The van der Waals surface area contributed by atoms with E-state index >= 15 is 0 Å². The van der Waals surface area contributed by atoms with Crippen LogP contribution in [0.15, 0.2) is 42.5 Å². The van der Waals surface area contributed by atoms with Crippen molar-refractivity contribution in [3.63, 3.8) is 0 Å². The summed E-state index contributed by atoms with van der Waals surface area (Å²) in [6.07, 6.45) is 0. The van der Waals surface area contributed by atoms with E-state index in [9.17, 15) is 24.4 Å². The number of rotatable bonds is 6. The zero-order valence-electron chi connectivity index (χ0n) is 13.7. The van der Waals surface area contributed by atoms with Crippen LogP contribution in [-0.4, -0.2) is 28.1 Å². The molecule has 132 valence electrons. The number of hydrogen-bond acceptors (Lipinski definition) is 5. The Labute approximate surface area is 143 Å². The molecule has 0 aliphatic heterocycles. The number of hydrogen-bond donors (Lipinski definition) is 2. The van der Waals surface area contributed by atoms with Gasteiger partial charge >= 0.3 is 0 Å². The average molecular weight is 348 g/mol. The zero-order valence-corrected chi connectivity index (χ0v) is 13.7. The second kappa shape index (κ2) is 7.27. The molecule has 0 spiro atoms. The van der Waals surface area contributed by atoms with Gasteiger partial charge < -0.3 is 15.2 Å². The summed E-state index contributed by atoms with van der Waals surface area (Å²) in [4.78, 5) is 22.5. The van der Waals surface area contributed by atoms with E-state index in [1.54, 1.807) is 6.92 Å². The molecule has 0 aliphatic rings. The number of nitrogens with zero attached hydrogens (tertiary/aromatic N) is 1. The molecule has 1 amide bonds. The number of halogens is 1. The van der Waals surface area contributed by atoms with Gasteiger partial charge in [-0.1, -0.05) is 0 Å². The Kier molecular flexibility index (Phi) is 5.33. The number of nitro groups is 1. The molecule has 0 saturated heterocycles. The fourth-order valence-corrected chi connectivity index (χ4v) is 2.02. The number of nitro benzene ring substituents is 1. The number of carbonyl (C=O) groups is 1. The maximum absolute atomic E-state index is 12.8. The van der Waals surface area contributed by atoms with Crippen LogP contribution >= 0.6 is 0 Å². The molecule has 8 heteroatoms. The van der Waals surface area contributed by atoms with Gasteiger partial charge in [0.1, 0.15) is 18.2 Å². The summed E-state index contributed by atoms with van der Waals surface area (Å²) in [5.41, 5.74) is -1.23. The highest BCUT2D eigenvalue weighted by atomic mass is 19.1. The number of aryl methyl sites for hydroxylation is 1. The van der Waals surface area contributed by atoms with Crippen LogP contribution in [0.25, 0.3) is 0 Å². The first kappa shape index (κ1) is 18.3. The van der Waals surface area contributed by atoms with Crippen molar-refractivity contribution in [1.82, 2.24) is 0 Å². The van der Waals surface area contributed by atoms with E-state index in [-0.39, 0.29) is 12.3 Å². The minimum Gasteiger partial charge on any atom is -0.490 e. The summed E-state index contributed by atoms with van der Waals surface area (Å²) >= 11 is 0. The quantitative estimate of drug-likeness (QED) is 0.617. The summed E-state index contributed by atoms with van der Waals surface area (Å²) in [6.45, 7) is 2.46. The lowest BCUT2D eigenvalue weighted by atomic mass is 10.1. The van der Waals surface area contributed by atoms with Gasteiger partial charge in [-0.3, -0.25) is 14.9 Å². The predicted octanol–water partition coefficient (Wildman–Crippen LogP) is 2.81. The highest BCUT2D eigenvalue weighted by molar-refractivity contribution is 5.97. The van der Waals surface area contributed by atoms with Crippen molar-refractivity contribution >= 4 is 17.3 Å². The Bertz CT molecular complexity index is 790. The number of benzene rings is 2. The number of aliphatic hydroxyl groups is 1. The van der Waals surface area contributed by atoms with Crippen LogP contribution in [0.3, 0.4) is 0 Å². The number of ether oxygens (including phenoxy) is 1. The van der Waals surface area contributed by atoms with Crippen molar-refractivity contribution in [2.45, 2.75) is 19.4 Å². The lowest BCUT2D eigenvalue weighted by Crippen LogP contribution is -2.45. The third-order valence-electron chi connectivity index (χ3n) is 3.47. The maximum atomic E-state index is 12.8. The average Bonchev–Trinajstić information content (AvgIpc) is 2.54. The van der Waals surface area contributed by atoms with Gasteiger partial charge in [0.25, 0.3) is 11.6 Å².